The molecule has 1 aromatic heterocycles. The molecule has 1 rings (SSSR count). The maximum atomic E-state index is 11.8. The Morgan fingerprint density at radius 3 is 2.21 bits per heavy atom. The van der Waals surface area contributed by atoms with Gasteiger partial charge in [-0.15, -0.1) is 0 Å². The molecular weight excluding hydrogens is 311 g/mol. The normalized spacial score (nSPS) is 10.4. The Morgan fingerprint density at radius 1 is 1.16 bits per heavy atom. The number of rotatable bonds is 5. The first-order chi connectivity index (χ1) is 8.97. The average molecular weight is 326 g/mol. The number of hydrogen-bond acceptors (Lipinski definition) is 4. The van der Waals surface area contributed by atoms with Crippen LogP contribution in [-0.4, -0.2) is 30.6 Å². The monoisotopic (exact) mass is 324 g/mol. The van der Waals surface area contributed by atoms with Crippen LogP contribution < -0.4 is 4.90 Å². The maximum Gasteiger partial charge on any atom is 0.358 e. The Hall–Kier alpha value is -0.710. The first-order valence-electron chi connectivity index (χ1n) is 5.94. The van der Waals surface area contributed by atoms with Crippen molar-refractivity contribution in [2.45, 2.75) is 20.8 Å². The molecule has 0 aliphatic heterocycles. The van der Waals surface area contributed by atoms with E-state index in [0.717, 1.165) is 0 Å². The quantitative estimate of drug-likeness (QED) is 0.604. The number of carbonyl (C=O) groups excluding carboxylic acids is 1. The van der Waals surface area contributed by atoms with Crippen molar-refractivity contribution in [1.82, 2.24) is 4.98 Å². The molecule has 0 spiro atoms. The fraction of sp³-hybridized carbons (Fsp3) is 0.500. The van der Waals surface area contributed by atoms with Crippen LogP contribution in [0.1, 0.15) is 31.3 Å². The van der Waals surface area contributed by atoms with E-state index in [-0.39, 0.29) is 27.5 Å². The van der Waals surface area contributed by atoms with Gasteiger partial charge >= 0.3 is 5.97 Å². The summed E-state index contributed by atoms with van der Waals surface area (Å²) in [6.45, 7) is 7.20. The van der Waals surface area contributed by atoms with Gasteiger partial charge in [0.2, 0.25) is 0 Å². The molecule has 19 heavy (non-hydrogen) atoms. The van der Waals surface area contributed by atoms with Gasteiger partial charge in [-0.25, -0.2) is 9.78 Å². The van der Waals surface area contributed by atoms with Crippen molar-refractivity contribution in [2.75, 3.05) is 24.6 Å². The largest absolute Gasteiger partial charge is 0.461 e. The molecule has 7 heteroatoms. The second kappa shape index (κ2) is 7.17. The molecule has 0 saturated carbocycles. The van der Waals surface area contributed by atoms with Crippen molar-refractivity contribution in [2.24, 2.45) is 0 Å². The smallest absolute Gasteiger partial charge is 0.358 e. The number of ether oxygens (including phenoxy) is 1. The molecule has 106 valence electrons. The molecule has 0 amide bonds. The number of halogens is 3. The van der Waals surface area contributed by atoms with E-state index in [9.17, 15) is 4.79 Å². The number of nitrogens with zero attached hydrogens (tertiary/aromatic N) is 2. The number of anilines is 1. The summed E-state index contributed by atoms with van der Waals surface area (Å²) in [6.07, 6.45) is 0. The highest BCUT2D eigenvalue weighted by Gasteiger charge is 2.24. The van der Waals surface area contributed by atoms with E-state index in [2.05, 4.69) is 4.98 Å². The predicted molar refractivity (Wildman–Crippen MR) is 78.8 cm³/mol. The zero-order valence-corrected chi connectivity index (χ0v) is 13.2. The van der Waals surface area contributed by atoms with E-state index >= 15 is 0 Å². The lowest BCUT2D eigenvalue weighted by Crippen LogP contribution is -2.24. The van der Waals surface area contributed by atoms with Gasteiger partial charge in [-0.3, -0.25) is 0 Å². The summed E-state index contributed by atoms with van der Waals surface area (Å²) >= 11 is 18.3. The molecule has 0 fully saturated rings. The molecule has 0 saturated heterocycles. The van der Waals surface area contributed by atoms with Gasteiger partial charge < -0.3 is 9.64 Å². The van der Waals surface area contributed by atoms with E-state index in [1.807, 2.05) is 18.7 Å². The lowest BCUT2D eigenvalue weighted by atomic mass is 10.2. The zero-order chi connectivity index (χ0) is 14.6. The molecule has 1 heterocycles. The van der Waals surface area contributed by atoms with Crippen LogP contribution in [0, 0.1) is 0 Å². The number of pyridine rings is 1. The molecule has 1 aromatic rings. The van der Waals surface area contributed by atoms with Crippen LogP contribution in [0.15, 0.2) is 0 Å². The maximum absolute atomic E-state index is 11.8. The van der Waals surface area contributed by atoms with E-state index in [4.69, 9.17) is 39.5 Å². The van der Waals surface area contributed by atoms with Crippen LogP contribution >= 0.6 is 34.8 Å². The van der Waals surface area contributed by atoms with Crippen molar-refractivity contribution in [3.05, 3.63) is 20.9 Å². The molecular formula is C12H15Cl3N2O2. The second-order valence-electron chi connectivity index (χ2n) is 3.62. The summed E-state index contributed by atoms with van der Waals surface area (Å²) in [6, 6.07) is 0. The molecule has 0 aliphatic rings. The van der Waals surface area contributed by atoms with Crippen molar-refractivity contribution >= 4 is 46.5 Å². The third-order valence-corrected chi connectivity index (χ3v) is 3.65. The summed E-state index contributed by atoms with van der Waals surface area (Å²) in [5, 5.41) is 0.441. The van der Waals surface area contributed by atoms with Gasteiger partial charge in [0.1, 0.15) is 5.02 Å². The molecule has 0 unspecified atom stereocenters. The number of carbonyl (C=O) groups is 1. The number of esters is 1. The third kappa shape index (κ3) is 3.44. The van der Waals surface area contributed by atoms with E-state index in [1.54, 1.807) is 6.92 Å². The van der Waals surface area contributed by atoms with E-state index in [0.29, 0.717) is 18.8 Å². The summed E-state index contributed by atoms with van der Waals surface area (Å²) in [5.74, 6) is -0.612. The summed E-state index contributed by atoms with van der Waals surface area (Å²) in [5.41, 5.74) is 0.496. The predicted octanol–water partition coefficient (Wildman–Crippen LogP) is 4.06. The van der Waals surface area contributed by atoms with E-state index < -0.39 is 5.97 Å². The zero-order valence-electron chi connectivity index (χ0n) is 11.0. The first kappa shape index (κ1) is 16.3. The molecule has 0 N–H and O–H groups in total. The third-order valence-electron chi connectivity index (χ3n) is 2.56. The fourth-order valence-electron chi connectivity index (χ4n) is 1.65. The fourth-order valence-corrected chi connectivity index (χ4v) is 2.47. The van der Waals surface area contributed by atoms with Crippen LogP contribution in [0.3, 0.4) is 0 Å². The summed E-state index contributed by atoms with van der Waals surface area (Å²) in [4.78, 5) is 17.6. The van der Waals surface area contributed by atoms with Crippen LogP contribution in [0.5, 0.6) is 0 Å². The van der Waals surface area contributed by atoms with Gasteiger partial charge in [0.15, 0.2) is 10.8 Å². The van der Waals surface area contributed by atoms with Crippen LogP contribution in [0.25, 0.3) is 0 Å². The Bertz CT molecular complexity index is 477. The highest BCUT2D eigenvalue weighted by Crippen LogP contribution is 2.39. The topological polar surface area (TPSA) is 42.4 Å². The molecule has 4 nitrogen and oxygen atoms in total. The van der Waals surface area contributed by atoms with Gasteiger partial charge in [0.25, 0.3) is 0 Å². The first-order valence-corrected chi connectivity index (χ1v) is 7.07. The standard InChI is InChI=1S/C12H15Cl3N2O2/c1-4-17(5-2)10-7(13)9(12(18)19-6-3)16-11(15)8(10)14/h4-6H2,1-3H3. The van der Waals surface area contributed by atoms with Gasteiger partial charge in [0.05, 0.1) is 17.3 Å². The summed E-state index contributed by atoms with van der Waals surface area (Å²) in [7, 11) is 0. The lowest BCUT2D eigenvalue weighted by Gasteiger charge is -2.24. The molecule has 0 atom stereocenters. The van der Waals surface area contributed by atoms with Gasteiger partial charge in [-0.05, 0) is 20.8 Å². The van der Waals surface area contributed by atoms with Crippen molar-refractivity contribution in [3.63, 3.8) is 0 Å². The molecule has 0 radical (unpaired) electrons. The SMILES string of the molecule is CCOC(=O)c1nc(Cl)c(Cl)c(N(CC)CC)c1Cl. The van der Waals surface area contributed by atoms with Crippen molar-refractivity contribution in [1.29, 1.82) is 0 Å². The summed E-state index contributed by atoms with van der Waals surface area (Å²) < 4.78 is 4.90. The minimum atomic E-state index is -0.612. The molecule has 0 aromatic carbocycles. The molecule has 0 aliphatic carbocycles. The highest BCUT2D eigenvalue weighted by atomic mass is 35.5. The lowest BCUT2D eigenvalue weighted by molar-refractivity contribution is 0.0520. The number of aromatic nitrogens is 1. The Kier molecular flexibility index (Phi) is 6.17. The van der Waals surface area contributed by atoms with Gasteiger partial charge in [-0.1, -0.05) is 34.8 Å². The van der Waals surface area contributed by atoms with Crippen molar-refractivity contribution < 1.29 is 9.53 Å². The second-order valence-corrected chi connectivity index (χ2v) is 4.73. The van der Waals surface area contributed by atoms with Gasteiger partial charge in [-0.2, -0.15) is 0 Å². The minimum Gasteiger partial charge on any atom is -0.461 e. The van der Waals surface area contributed by atoms with Crippen LogP contribution in [0.4, 0.5) is 5.69 Å². The highest BCUT2D eigenvalue weighted by molar-refractivity contribution is 6.46. The van der Waals surface area contributed by atoms with Crippen molar-refractivity contribution in [3.8, 4) is 0 Å². The van der Waals surface area contributed by atoms with Crippen LogP contribution in [-0.2, 0) is 4.74 Å². The Balaban J connectivity index is 3.41. The minimum absolute atomic E-state index is 0.0141. The van der Waals surface area contributed by atoms with Gasteiger partial charge in [0, 0.05) is 13.1 Å². The molecule has 0 bridgehead atoms. The Morgan fingerprint density at radius 2 is 1.74 bits per heavy atom. The van der Waals surface area contributed by atoms with Crippen LogP contribution in [0.2, 0.25) is 15.2 Å². The average Bonchev–Trinajstić information content (AvgIpc) is 2.39. The Labute approximate surface area is 127 Å². The van der Waals surface area contributed by atoms with E-state index in [1.165, 1.54) is 0 Å². The number of hydrogen-bond donors (Lipinski definition) is 0.